The number of methoxy groups -OCH3 is 1. The van der Waals surface area contributed by atoms with Crippen LogP contribution in [0.25, 0.3) is 0 Å². The Morgan fingerprint density at radius 2 is 2.33 bits per heavy atom. The van der Waals surface area contributed by atoms with Crippen LogP contribution in [0.4, 0.5) is 5.82 Å². The summed E-state index contributed by atoms with van der Waals surface area (Å²) in [6.07, 6.45) is 3.26. The summed E-state index contributed by atoms with van der Waals surface area (Å²) >= 11 is 4.77. The molecule has 0 aliphatic rings. The van der Waals surface area contributed by atoms with Gasteiger partial charge in [0.25, 0.3) is 0 Å². The van der Waals surface area contributed by atoms with E-state index < -0.39 is 0 Å². The van der Waals surface area contributed by atoms with Crippen molar-refractivity contribution < 1.29 is 4.74 Å². The Hall–Kier alpha value is -1.27. The monoisotopic (exact) mass is 226 g/mol. The Kier molecular flexibility index (Phi) is 4.38. The van der Waals surface area contributed by atoms with Crippen LogP contribution in [0.15, 0.2) is 12.4 Å². The predicted octanol–water partition coefficient (Wildman–Crippen LogP) is 0.558. The van der Waals surface area contributed by atoms with Crippen molar-refractivity contribution in [2.45, 2.75) is 13.0 Å². The summed E-state index contributed by atoms with van der Waals surface area (Å²) < 4.78 is 5.08. The molecule has 1 atom stereocenters. The standard InChI is InChI=1S/C9H14N4OS/c1-6(14-2)3-12-8-5-11-7(4-13-8)9(10)15/h4-6H,3H2,1-2H3,(H2,10,15)(H,12,13). The van der Waals surface area contributed by atoms with Crippen LogP contribution >= 0.6 is 12.2 Å². The zero-order valence-corrected chi connectivity index (χ0v) is 9.54. The van der Waals surface area contributed by atoms with Crippen molar-refractivity contribution >= 4 is 23.0 Å². The lowest BCUT2D eigenvalue weighted by atomic mass is 10.4. The molecule has 5 nitrogen and oxygen atoms in total. The molecule has 1 aromatic rings. The maximum absolute atomic E-state index is 5.40. The fourth-order valence-corrected chi connectivity index (χ4v) is 0.984. The van der Waals surface area contributed by atoms with Gasteiger partial charge in [0.2, 0.25) is 0 Å². The number of nitrogens with zero attached hydrogens (tertiary/aromatic N) is 2. The van der Waals surface area contributed by atoms with Crippen LogP contribution < -0.4 is 11.1 Å². The molecule has 0 aromatic carbocycles. The van der Waals surface area contributed by atoms with Crippen molar-refractivity contribution in [1.82, 2.24) is 9.97 Å². The van der Waals surface area contributed by atoms with E-state index in [1.807, 2.05) is 6.92 Å². The highest BCUT2D eigenvalue weighted by Gasteiger charge is 2.01. The third-order valence-electron chi connectivity index (χ3n) is 1.88. The molecule has 0 aliphatic heterocycles. The van der Waals surface area contributed by atoms with E-state index in [4.69, 9.17) is 22.7 Å². The average molecular weight is 226 g/mol. The maximum Gasteiger partial charge on any atom is 0.144 e. The number of hydrogen-bond acceptors (Lipinski definition) is 5. The van der Waals surface area contributed by atoms with Crippen LogP contribution in [0.5, 0.6) is 0 Å². The number of nitrogens with two attached hydrogens (primary N) is 1. The summed E-state index contributed by atoms with van der Waals surface area (Å²) in [5.74, 6) is 0.680. The SMILES string of the molecule is COC(C)CNc1cnc(C(N)=S)cn1. The zero-order valence-electron chi connectivity index (χ0n) is 8.73. The summed E-state index contributed by atoms with van der Waals surface area (Å²) in [6.45, 7) is 2.64. The summed E-state index contributed by atoms with van der Waals surface area (Å²) in [7, 11) is 1.66. The van der Waals surface area contributed by atoms with Crippen LogP contribution in [0, 0.1) is 0 Å². The Morgan fingerprint density at radius 1 is 1.60 bits per heavy atom. The molecule has 0 amide bonds. The molecule has 1 heterocycles. The van der Waals surface area contributed by atoms with Crippen LogP contribution in [0.1, 0.15) is 12.6 Å². The maximum atomic E-state index is 5.40. The predicted molar refractivity (Wildman–Crippen MR) is 62.9 cm³/mol. The third kappa shape index (κ3) is 3.77. The highest BCUT2D eigenvalue weighted by atomic mass is 32.1. The van der Waals surface area contributed by atoms with Gasteiger partial charge in [-0.25, -0.2) is 9.97 Å². The molecule has 15 heavy (non-hydrogen) atoms. The van der Waals surface area contributed by atoms with Gasteiger partial charge in [-0.2, -0.15) is 0 Å². The minimum Gasteiger partial charge on any atom is -0.388 e. The normalized spacial score (nSPS) is 12.1. The molecular weight excluding hydrogens is 212 g/mol. The summed E-state index contributed by atoms with van der Waals surface area (Å²) in [5.41, 5.74) is 5.92. The Bertz CT molecular complexity index is 327. The topological polar surface area (TPSA) is 73.1 Å². The quantitative estimate of drug-likeness (QED) is 0.715. The molecule has 1 rings (SSSR count). The van der Waals surface area contributed by atoms with Gasteiger partial charge in [-0.15, -0.1) is 0 Å². The highest BCUT2D eigenvalue weighted by molar-refractivity contribution is 7.80. The van der Waals surface area contributed by atoms with Crippen molar-refractivity contribution in [3.8, 4) is 0 Å². The first-order chi connectivity index (χ1) is 7.13. The molecule has 6 heteroatoms. The molecule has 3 N–H and O–H groups in total. The van der Waals surface area contributed by atoms with E-state index in [1.165, 1.54) is 0 Å². The van der Waals surface area contributed by atoms with E-state index in [1.54, 1.807) is 19.5 Å². The molecule has 1 aromatic heterocycles. The first-order valence-electron chi connectivity index (χ1n) is 4.52. The number of thiocarbonyl (C=S) groups is 1. The molecule has 0 spiro atoms. The summed E-state index contributed by atoms with van der Waals surface area (Å²) in [4.78, 5) is 8.41. The minimum absolute atomic E-state index is 0.127. The van der Waals surface area contributed by atoms with E-state index in [9.17, 15) is 0 Å². The van der Waals surface area contributed by atoms with Gasteiger partial charge in [0.15, 0.2) is 0 Å². The summed E-state index contributed by atoms with van der Waals surface area (Å²) in [5, 5.41) is 3.08. The molecule has 0 radical (unpaired) electrons. The van der Waals surface area contributed by atoms with Gasteiger partial charge >= 0.3 is 0 Å². The molecule has 0 aliphatic carbocycles. The lowest BCUT2D eigenvalue weighted by Gasteiger charge is -2.10. The lowest BCUT2D eigenvalue weighted by Crippen LogP contribution is -2.19. The second-order valence-corrected chi connectivity index (χ2v) is 3.52. The second-order valence-electron chi connectivity index (χ2n) is 3.08. The number of ether oxygens (including phenoxy) is 1. The van der Waals surface area contributed by atoms with Crippen LogP contribution in [0.2, 0.25) is 0 Å². The average Bonchev–Trinajstić information content (AvgIpc) is 2.26. The Morgan fingerprint density at radius 3 is 2.80 bits per heavy atom. The molecule has 1 unspecified atom stereocenters. The fraction of sp³-hybridized carbons (Fsp3) is 0.444. The van der Waals surface area contributed by atoms with Gasteiger partial charge in [-0.1, -0.05) is 12.2 Å². The van der Waals surface area contributed by atoms with Gasteiger partial charge in [-0.3, -0.25) is 0 Å². The molecule has 0 saturated carbocycles. The number of anilines is 1. The van der Waals surface area contributed by atoms with Crippen molar-refractivity contribution in [3.05, 3.63) is 18.1 Å². The van der Waals surface area contributed by atoms with E-state index >= 15 is 0 Å². The largest absolute Gasteiger partial charge is 0.388 e. The van der Waals surface area contributed by atoms with E-state index in [2.05, 4.69) is 15.3 Å². The highest BCUT2D eigenvalue weighted by Crippen LogP contribution is 2.01. The van der Waals surface area contributed by atoms with E-state index in [0.29, 0.717) is 18.1 Å². The first-order valence-corrected chi connectivity index (χ1v) is 4.93. The third-order valence-corrected chi connectivity index (χ3v) is 2.09. The first kappa shape index (κ1) is 11.8. The van der Waals surface area contributed by atoms with Crippen molar-refractivity contribution in [2.75, 3.05) is 19.0 Å². The van der Waals surface area contributed by atoms with Crippen molar-refractivity contribution in [2.24, 2.45) is 5.73 Å². The van der Waals surface area contributed by atoms with Crippen molar-refractivity contribution in [1.29, 1.82) is 0 Å². The van der Waals surface area contributed by atoms with Gasteiger partial charge < -0.3 is 15.8 Å². The van der Waals surface area contributed by atoms with Gasteiger partial charge in [0.05, 0.1) is 18.5 Å². The Labute approximate surface area is 94.1 Å². The molecule has 0 fully saturated rings. The molecular formula is C9H14N4OS. The number of hydrogen-bond donors (Lipinski definition) is 2. The van der Waals surface area contributed by atoms with Gasteiger partial charge in [0.1, 0.15) is 16.5 Å². The van der Waals surface area contributed by atoms with E-state index in [-0.39, 0.29) is 11.1 Å². The second kappa shape index (κ2) is 5.57. The Balaban J connectivity index is 2.53. The molecule has 82 valence electrons. The van der Waals surface area contributed by atoms with Gasteiger partial charge in [0, 0.05) is 13.7 Å². The molecule has 0 saturated heterocycles. The van der Waals surface area contributed by atoms with Crippen LogP contribution in [0.3, 0.4) is 0 Å². The van der Waals surface area contributed by atoms with Crippen molar-refractivity contribution in [3.63, 3.8) is 0 Å². The van der Waals surface area contributed by atoms with Crippen LogP contribution in [-0.2, 0) is 4.74 Å². The minimum atomic E-state index is 0.127. The van der Waals surface area contributed by atoms with Crippen LogP contribution in [-0.4, -0.2) is 34.7 Å². The van der Waals surface area contributed by atoms with E-state index in [0.717, 1.165) is 0 Å². The number of aromatic nitrogens is 2. The zero-order chi connectivity index (χ0) is 11.3. The number of rotatable bonds is 5. The molecule has 0 bridgehead atoms. The smallest absolute Gasteiger partial charge is 0.144 e. The fourth-order valence-electron chi connectivity index (χ4n) is 0.878. The summed E-state index contributed by atoms with van der Waals surface area (Å²) in [6, 6.07) is 0. The van der Waals surface area contributed by atoms with Gasteiger partial charge in [-0.05, 0) is 6.92 Å². The lowest BCUT2D eigenvalue weighted by molar-refractivity contribution is 0.128. The number of nitrogens with one attached hydrogen (secondary N) is 1.